The van der Waals surface area contributed by atoms with E-state index in [-0.39, 0.29) is 12.5 Å². The van der Waals surface area contributed by atoms with Crippen molar-refractivity contribution in [1.29, 1.82) is 0 Å². The molecule has 0 aliphatic heterocycles. The molecule has 0 fully saturated rings. The molecule has 4 nitrogen and oxygen atoms in total. The first kappa shape index (κ1) is 12.5. The van der Waals surface area contributed by atoms with Gasteiger partial charge in [-0.25, -0.2) is 0 Å². The lowest BCUT2D eigenvalue weighted by Crippen LogP contribution is -2.07. The highest BCUT2D eigenvalue weighted by Crippen LogP contribution is 2.20. The summed E-state index contributed by atoms with van der Waals surface area (Å²) >= 11 is 0. The fourth-order valence-electron chi connectivity index (χ4n) is 1.32. The van der Waals surface area contributed by atoms with Crippen molar-refractivity contribution in [2.24, 2.45) is 0 Å². The van der Waals surface area contributed by atoms with E-state index in [1.807, 2.05) is 13.8 Å². The van der Waals surface area contributed by atoms with Gasteiger partial charge in [0.1, 0.15) is 5.75 Å². The van der Waals surface area contributed by atoms with Gasteiger partial charge in [0.05, 0.1) is 18.6 Å². The average molecular weight is 224 g/mol. The lowest BCUT2D eigenvalue weighted by atomic mass is 10.1. The van der Waals surface area contributed by atoms with Crippen LogP contribution in [0.5, 0.6) is 5.75 Å². The van der Waals surface area contributed by atoms with Crippen molar-refractivity contribution in [2.75, 3.05) is 0 Å². The SMILES string of the molecule is CC(C)Oc1ccc([C@@H](O)CC(=O)O)cc1. The second kappa shape index (κ2) is 5.51. The lowest BCUT2D eigenvalue weighted by Gasteiger charge is -2.12. The van der Waals surface area contributed by atoms with Gasteiger partial charge >= 0.3 is 5.97 Å². The number of carboxylic acid groups (broad SMARTS) is 1. The molecule has 0 aliphatic carbocycles. The number of aliphatic hydroxyl groups is 1. The molecule has 4 heteroatoms. The molecule has 16 heavy (non-hydrogen) atoms. The minimum absolute atomic E-state index is 0.0924. The molecule has 0 saturated heterocycles. The van der Waals surface area contributed by atoms with Gasteiger partial charge in [-0.05, 0) is 31.5 Å². The molecule has 0 bridgehead atoms. The summed E-state index contributed by atoms with van der Waals surface area (Å²) in [5, 5.41) is 18.1. The molecular weight excluding hydrogens is 208 g/mol. The molecule has 1 aromatic rings. The highest BCUT2D eigenvalue weighted by Gasteiger charge is 2.11. The van der Waals surface area contributed by atoms with Crippen LogP contribution in [0.25, 0.3) is 0 Å². The summed E-state index contributed by atoms with van der Waals surface area (Å²) in [6.45, 7) is 3.85. The topological polar surface area (TPSA) is 66.8 Å². The minimum Gasteiger partial charge on any atom is -0.491 e. The number of carboxylic acids is 1. The average Bonchev–Trinajstić information content (AvgIpc) is 2.16. The van der Waals surface area contributed by atoms with Crippen LogP contribution in [0.1, 0.15) is 31.9 Å². The van der Waals surface area contributed by atoms with Gasteiger partial charge in [-0.2, -0.15) is 0 Å². The van der Waals surface area contributed by atoms with Gasteiger partial charge in [-0.15, -0.1) is 0 Å². The van der Waals surface area contributed by atoms with E-state index in [4.69, 9.17) is 9.84 Å². The molecule has 0 aromatic heterocycles. The Morgan fingerprint density at radius 2 is 1.88 bits per heavy atom. The molecule has 0 heterocycles. The largest absolute Gasteiger partial charge is 0.491 e. The van der Waals surface area contributed by atoms with Crippen LogP contribution >= 0.6 is 0 Å². The molecule has 1 aromatic carbocycles. The number of hydrogen-bond donors (Lipinski definition) is 2. The maximum Gasteiger partial charge on any atom is 0.306 e. The van der Waals surface area contributed by atoms with Gasteiger partial charge in [0.25, 0.3) is 0 Å². The number of aliphatic hydroxyl groups excluding tert-OH is 1. The predicted octanol–water partition coefficient (Wildman–Crippen LogP) is 1.98. The van der Waals surface area contributed by atoms with Crippen LogP contribution in [-0.4, -0.2) is 22.3 Å². The van der Waals surface area contributed by atoms with Crippen molar-refractivity contribution in [2.45, 2.75) is 32.5 Å². The van der Waals surface area contributed by atoms with Crippen molar-refractivity contribution in [3.63, 3.8) is 0 Å². The number of aliphatic carboxylic acids is 1. The second-order valence-electron chi connectivity index (χ2n) is 3.85. The Balaban J connectivity index is 2.66. The second-order valence-corrected chi connectivity index (χ2v) is 3.85. The monoisotopic (exact) mass is 224 g/mol. The Morgan fingerprint density at radius 1 is 1.31 bits per heavy atom. The Morgan fingerprint density at radius 3 is 2.31 bits per heavy atom. The summed E-state index contributed by atoms with van der Waals surface area (Å²) in [5.74, 6) is -0.309. The first-order valence-electron chi connectivity index (χ1n) is 5.15. The zero-order chi connectivity index (χ0) is 12.1. The quantitative estimate of drug-likeness (QED) is 0.802. The van der Waals surface area contributed by atoms with Gasteiger partial charge in [0.15, 0.2) is 0 Å². The molecular formula is C12H16O4. The third-order valence-corrected chi connectivity index (χ3v) is 2.00. The molecule has 1 atom stereocenters. The number of carbonyl (C=O) groups is 1. The molecule has 1 rings (SSSR count). The fraction of sp³-hybridized carbons (Fsp3) is 0.417. The molecule has 0 amide bonds. The van der Waals surface area contributed by atoms with Gasteiger partial charge in [-0.3, -0.25) is 4.79 Å². The van der Waals surface area contributed by atoms with Crippen LogP contribution < -0.4 is 4.74 Å². The Hall–Kier alpha value is -1.55. The third kappa shape index (κ3) is 3.90. The number of hydrogen-bond acceptors (Lipinski definition) is 3. The van der Waals surface area contributed by atoms with E-state index in [1.165, 1.54) is 0 Å². The van der Waals surface area contributed by atoms with Crippen LogP contribution in [-0.2, 0) is 4.79 Å². The van der Waals surface area contributed by atoms with E-state index in [2.05, 4.69) is 0 Å². The lowest BCUT2D eigenvalue weighted by molar-refractivity contribution is -0.139. The normalized spacial score (nSPS) is 12.5. The zero-order valence-electron chi connectivity index (χ0n) is 9.38. The van der Waals surface area contributed by atoms with E-state index in [0.29, 0.717) is 11.3 Å². The third-order valence-electron chi connectivity index (χ3n) is 2.00. The number of rotatable bonds is 5. The van der Waals surface area contributed by atoms with Crippen molar-refractivity contribution < 1.29 is 19.7 Å². The Kier molecular flexibility index (Phi) is 4.31. The highest BCUT2D eigenvalue weighted by molar-refractivity contribution is 5.67. The molecule has 2 N–H and O–H groups in total. The summed E-state index contributed by atoms with van der Waals surface area (Å²) in [6.07, 6.45) is -1.16. The first-order valence-corrected chi connectivity index (χ1v) is 5.15. The number of benzene rings is 1. The molecule has 0 spiro atoms. The maximum atomic E-state index is 10.4. The summed E-state index contributed by atoms with van der Waals surface area (Å²) in [7, 11) is 0. The number of ether oxygens (including phenoxy) is 1. The molecule has 88 valence electrons. The van der Waals surface area contributed by atoms with Crippen LogP contribution in [0, 0.1) is 0 Å². The van der Waals surface area contributed by atoms with Crippen molar-refractivity contribution in [3.8, 4) is 5.75 Å². The van der Waals surface area contributed by atoms with E-state index in [1.54, 1.807) is 24.3 Å². The van der Waals surface area contributed by atoms with Crippen molar-refractivity contribution in [1.82, 2.24) is 0 Å². The smallest absolute Gasteiger partial charge is 0.306 e. The van der Waals surface area contributed by atoms with Gasteiger partial charge in [0.2, 0.25) is 0 Å². The first-order chi connectivity index (χ1) is 7.49. The summed E-state index contributed by atoms with van der Waals surface area (Å²) in [4.78, 5) is 10.4. The Bertz CT molecular complexity index is 343. The molecule has 0 saturated carbocycles. The van der Waals surface area contributed by atoms with E-state index in [0.717, 1.165) is 0 Å². The van der Waals surface area contributed by atoms with Crippen molar-refractivity contribution >= 4 is 5.97 Å². The standard InChI is InChI=1S/C12H16O4/c1-8(2)16-10-5-3-9(4-6-10)11(13)7-12(14)15/h3-6,8,11,13H,7H2,1-2H3,(H,14,15)/t11-/m0/s1. The molecule has 0 unspecified atom stereocenters. The minimum atomic E-state index is -1.02. The highest BCUT2D eigenvalue weighted by atomic mass is 16.5. The maximum absolute atomic E-state index is 10.4. The molecule has 0 aliphatic rings. The summed E-state index contributed by atoms with van der Waals surface area (Å²) in [5.41, 5.74) is 0.582. The molecule has 0 radical (unpaired) electrons. The predicted molar refractivity (Wildman–Crippen MR) is 59.4 cm³/mol. The van der Waals surface area contributed by atoms with Crippen LogP contribution in [0.15, 0.2) is 24.3 Å². The van der Waals surface area contributed by atoms with Gasteiger partial charge < -0.3 is 14.9 Å². The fourth-order valence-corrected chi connectivity index (χ4v) is 1.32. The van der Waals surface area contributed by atoms with Gasteiger partial charge in [0, 0.05) is 0 Å². The van der Waals surface area contributed by atoms with Gasteiger partial charge in [-0.1, -0.05) is 12.1 Å². The zero-order valence-corrected chi connectivity index (χ0v) is 9.38. The summed E-state index contributed by atoms with van der Waals surface area (Å²) < 4.78 is 5.43. The van der Waals surface area contributed by atoms with Crippen LogP contribution in [0.4, 0.5) is 0 Å². The van der Waals surface area contributed by atoms with E-state index >= 15 is 0 Å². The Labute approximate surface area is 94.5 Å². The van der Waals surface area contributed by atoms with Crippen LogP contribution in [0.2, 0.25) is 0 Å². The summed E-state index contributed by atoms with van der Waals surface area (Å²) in [6, 6.07) is 6.79. The van der Waals surface area contributed by atoms with Crippen LogP contribution in [0.3, 0.4) is 0 Å². The van der Waals surface area contributed by atoms with E-state index in [9.17, 15) is 9.90 Å². The van der Waals surface area contributed by atoms with E-state index < -0.39 is 12.1 Å². The van der Waals surface area contributed by atoms with Crippen molar-refractivity contribution in [3.05, 3.63) is 29.8 Å².